The molecule has 0 amide bonds. The van der Waals surface area contributed by atoms with Crippen LogP contribution in [0.1, 0.15) is 53.1 Å². The van der Waals surface area contributed by atoms with Crippen molar-refractivity contribution < 1.29 is 14.7 Å². The summed E-state index contributed by atoms with van der Waals surface area (Å²) in [5.74, 6) is -0.751. The van der Waals surface area contributed by atoms with Gasteiger partial charge in [-0.2, -0.15) is 0 Å². The van der Waals surface area contributed by atoms with Crippen molar-refractivity contribution in [3.05, 3.63) is 69.9 Å². The first-order valence-electron chi connectivity index (χ1n) is 10.0. The van der Waals surface area contributed by atoms with Crippen molar-refractivity contribution >= 4 is 34.9 Å². The van der Waals surface area contributed by atoms with E-state index in [0.29, 0.717) is 19.3 Å². The topological polar surface area (TPSA) is 59.3 Å². The summed E-state index contributed by atoms with van der Waals surface area (Å²) in [5.41, 5.74) is 4.51. The van der Waals surface area contributed by atoms with E-state index in [1.807, 2.05) is 29.7 Å². The van der Waals surface area contributed by atoms with Crippen molar-refractivity contribution in [1.29, 1.82) is 0 Å². The number of carboxylic acid groups (broad SMARTS) is 1. The van der Waals surface area contributed by atoms with Crippen LogP contribution in [0.5, 0.6) is 0 Å². The highest BCUT2D eigenvalue weighted by Gasteiger charge is 2.37. The summed E-state index contributed by atoms with van der Waals surface area (Å²) < 4.78 is 3.07. The molecule has 2 heterocycles. The van der Waals surface area contributed by atoms with E-state index < -0.39 is 5.97 Å². The van der Waals surface area contributed by atoms with Crippen LogP contribution in [0.15, 0.2) is 50.9 Å². The van der Waals surface area contributed by atoms with Gasteiger partial charge in [-0.15, -0.1) is 11.3 Å². The zero-order valence-corrected chi connectivity index (χ0v) is 19.0. The smallest absolute Gasteiger partial charge is 0.323 e. The number of carbonyl (C=O) groups is 2. The van der Waals surface area contributed by atoms with Crippen LogP contribution in [-0.2, 0) is 24.2 Å². The van der Waals surface area contributed by atoms with Crippen molar-refractivity contribution in [2.75, 3.05) is 0 Å². The van der Waals surface area contributed by atoms with Crippen LogP contribution >= 0.6 is 23.1 Å². The lowest BCUT2D eigenvalue weighted by Crippen LogP contribution is -2.29. The number of ketones is 1. The first-order valence-corrected chi connectivity index (χ1v) is 11.7. The largest absolute Gasteiger partial charge is 0.480 e. The molecule has 0 spiro atoms. The SMILES string of the molecule is Cc1c(Cc2ccccc2Sc2cccs2)c2c(n1CC(=O)O)CC(C)(C)CC2=O. The Bertz CT molecular complexity index is 1110. The molecule has 3 aromatic rings. The molecule has 1 aliphatic carbocycles. The number of aliphatic carboxylic acids is 1. The molecule has 6 heteroatoms. The van der Waals surface area contributed by atoms with Crippen molar-refractivity contribution in [2.24, 2.45) is 5.41 Å². The van der Waals surface area contributed by atoms with E-state index in [2.05, 4.69) is 37.4 Å². The minimum atomic E-state index is -0.882. The van der Waals surface area contributed by atoms with Gasteiger partial charge in [-0.25, -0.2) is 0 Å². The Morgan fingerprint density at radius 1 is 1.20 bits per heavy atom. The molecule has 1 aliphatic rings. The molecule has 0 saturated heterocycles. The second kappa shape index (κ2) is 8.08. The van der Waals surface area contributed by atoms with Crippen LogP contribution in [0.2, 0.25) is 0 Å². The van der Waals surface area contributed by atoms with Gasteiger partial charge in [0.05, 0.1) is 4.21 Å². The molecule has 2 aromatic heterocycles. The second-order valence-electron chi connectivity index (χ2n) is 8.63. The summed E-state index contributed by atoms with van der Waals surface area (Å²) in [6.07, 6.45) is 1.84. The monoisotopic (exact) mass is 439 g/mol. The van der Waals surface area contributed by atoms with Gasteiger partial charge in [0.25, 0.3) is 0 Å². The molecule has 0 radical (unpaired) electrons. The molecule has 1 N–H and O–H groups in total. The number of benzene rings is 1. The fourth-order valence-electron chi connectivity index (χ4n) is 4.34. The van der Waals surface area contributed by atoms with E-state index in [1.54, 1.807) is 23.1 Å². The van der Waals surface area contributed by atoms with Gasteiger partial charge in [-0.05, 0) is 47.4 Å². The Balaban J connectivity index is 1.79. The van der Waals surface area contributed by atoms with E-state index in [4.69, 9.17) is 0 Å². The molecular formula is C24H25NO3S2. The number of aromatic nitrogens is 1. The highest BCUT2D eigenvalue weighted by Crippen LogP contribution is 2.41. The van der Waals surface area contributed by atoms with Gasteiger partial charge in [-0.1, -0.05) is 49.9 Å². The highest BCUT2D eigenvalue weighted by molar-refractivity contribution is 8.01. The molecule has 0 unspecified atom stereocenters. The summed E-state index contributed by atoms with van der Waals surface area (Å²) in [6, 6.07) is 12.4. The molecule has 4 nitrogen and oxygen atoms in total. The van der Waals surface area contributed by atoms with Crippen LogP contribution in [0.3, 0.4) is 0 Å². The number of carbonyl (C=O) groups excluding carboxylic acids is 1. The van der Waals surface area contributed by atoms with E-state index >= 15 is 0 Å². The quantitative estimate of drug-likeness (QED) is 0.524. The fraction of sp³-hybridized carbons (Fsp3) is 0.333. The van der Waals surface area contributed by atoms with Gasteiger partial charge >= 0.3 is 5.97 Å². The predicted molar refractivity (Wildman–Crippen MR) is 121 cm³/mol. The minimum Gasteiger partial charge on any atom is -0.480 e. The maximum atomic E-state index is 13.1. The zero-order valence-electron chi connectivity index (χ0n) is 17.4. The number of nitrogens with zero attached hydrogens (tertiary/aromatic N) is 1. The average molecular weight is 440 g/mol. The average Bonchev–Trinajstić information content (AvgIpc) is 3.25. The molecular weight excluding hydrogens is 414 g/mol. The minimum absolute atomic E-state index is 0.108. The van der Waals surface area contributed by atoms with Crippen LogP contribution in [0, 0.1) is 12.3 Å². The number of fused-ring (bicyclic) bond motifs is 1. The Morgan fingerprint density at radius 3 is 2.67 bits per heavy atom. The van der Waals surface area contributed by atoms with E-state index in [9.17, 15) is 14.7 Å². The molecule has 4 rings (SSSR count). The fourth-order valence-corrected chi connectivity index (χ4v) is 6.20. The van der Waals surface area contributed by atoms with Crippen molar-refractivity contribution in [2.45, 2.75) is 55.7 Å². The lowest BCUT2D eigenvalue weighted by atomic mass is 9.75. The van der Waals surface area contributed by atoms with Gasteiger partial charge in [0.15, 0.2) is 5.78 Å². The Labute approximate surface area is 184 Å². The lowest BCUT2D eigenvalue weighted by molar-refractivity contribution is -0.137. The highest BCUT2D eigenvalue weighted by atomic mass is 32.2. The van der Waals surface area contributed by atoms with Crippen molar-refractivity contribution in [3.63, 3.8) is 0 Å². The maximum absolute atomic E-state index is 13.1. The van der Waals surface area contributed by atoms with E-state index in [0.717, 1.165) is 28.1 Å². The number of rotatable bonds is 6. The van der Waals surface area contributed by atoms with E-state index in [-0.39, 0.29) is 17.7 Å². The molecule has 156 valence electrons. The first-order chi connectivity index (χ1) is 14.2. The summed E-state index contributed by atoms with van der Waals surface area (Å²) in [4.78, 5) is 25.9. The third-order valence-electron chi connectivity index (χ3n) is 5.66. The summed E-state index contributed by atoms with van der Waals surface area (Å²) in [5, 5.41) is 11.5. The predicted octanol–water partition coefficient (Wildman–Crippen LogP) is 5.84. The normalized spacial score (nSPS) is 15.2. The number of Topliss-reactive ketones (excluding diaryl/α,β-unsaturated/α-hetero) is 1. The Hall–Kier alpha value is -2.31. The number of hydrogen-bond donors (Lipinski definition) is 1. The van der Waals surface area contributed by atoms with E-state index in [1.165, 1.54) is 9.10 Å². The number of carboxylic acids is 1. The molecule has 30 heavy (non-hydrogen) atoms. The van der Waals surface area contributed by atoms with Crippen LogP contribution in [0.25, 0.3) is 0 Å². The van der Waals surface area contributed by atoms with Gasteiger partial charge in [0.1, 0.15) is 6.54 Å². The Morgan fingerprint density at radius 2 is 1.97 bits per heavy atom. The molecule has 0 fully saturated rings. The van der Waals surface area contributed by atoms with Gasteiger partial charge in [0, 0.05) is 34.7 Å². The van der Waals surface area contributed by atoms with Crippen LogP contribution in [-0.4, -0.2) is 21.4 Å². The standard InChI is InChI=1S/C24H25NO3S2/c1-15-17(11-16-7-4-5-8-20(16)30-22-9-6-10-29-22)23-18(25(15)14-21(27)28)12-24(2,3)13-19(23)26/h4-10H,11-14H2,1-3H3,(H,27,28). The Kier molecular flexibility index (Phi) is 5.64. The van der Waals surface area contributed by atoms with Gasteiger partial charge in [-0.3, -0.25) is 9.59 Å². The third-order valence-corrected chi connectivity index (χ3v) is 7.82. The maximum Gasteiger partial charge on any atom is 0.323 e. The van der Waals surface area contributed by atoms with Crippen LogP contribution < -0.4 is 0 Å². The molecule has 1 aromatic carbocycles. The third kappa shape index (κ3) is 4.12. The lowest BCUT2D eigenvalue weighted by Gasteiger charge is -2.30. The number of hydrogen-bond acceptors (Lipinski definition) is 4. The zero-order chi connectivity index (χ0) is 21.5. The summed E-state index contributed by atoms with van der Waals surface area (Å²) in [7, 11) is 0. The summed E-state index contributed by atoms with van der Waals surface area (Å²) >= 11 is 3.44. The van der Waals surface area contributed by atoms with Crippen LogP contribution in [0.4, 0.5) is 0 Å². The molecule has 0 aliphatic heterocycles. The second-order valence-corrected chi connectivity index (χ2v) is 10.9. The molecule has 0 bridgehead atoms. The molecule has 0 saturated carbocycles. The first kappa shape index (κ1) is 20.9. The summed E-state index contributed by atoms with van der Waals surface area (Å²) in [6.45, 7) is 6.00. The van der Waals surface area contributed by atoms with Gasteiger partial charge in [0.2, 0.25) is 0 Å². The van der Waals surface area contributed by atoms with Crippen molar-refractivity contribution in [3.8, 4) is 0 Å². The van der Waals surface area contributed by atoms with Gasteiger partial charge < -0.3 is 9.67 Å². The number of thiophene rings is 1. The molecule has 0 atom stereocenters. The van der Waals surface area contributed by atoms with Crippen molar-refractivity contribution in [1.82, 2.24) is 4.57 Å².